The average Bonchev–Trinajstić information content (AvgIpc) is 2.21. The normalized spacial score (nSPS) is 12.8. The van der Waals surface area contributed by atoms with E-state index in [9.17, 15) is 9.59 Å². The fraction of sp³-hybridized carbons (Fsp3) is 0.818. The Morgan fingerprint density at radius 1 is 1.35 bits per heavy atom. The van der Waals surface area contributed by atoms with Crippen LogP contribution in [0.1, 0.15) is 27.7 Å². The molecule has 0 fully saturated rings. The highest BCUT2D eigenvalue weighted by molar-refractivity contribution is 5.85. The second kappa shape index (κ2) is 6.44. The molecule has 0 bridgehead atoms. The SMILES string of the molecule is COCNC(=O)[C@@H](C)N(C)C(=O)OC(C)(C)C. The lowest BCUT2D eigenvalue weighted by Gasteiger charge is -2.28. The molecule has 0 saturated heterocycles. The van der Waals surface area contributed by atoms with Crippen LogP contribution in [0.2, 0.25) is 0 Å². The van der Waals surface area contributed by atoms with Crippen LogP contribution in [0.4, 0.5) is 4.79 Å². The molecule has 0 heterocycles. The van der Waals surface area contributed by atoms with Crippen LogP contribution < -0.4 is 5.32 Å². The Kier molecular flexibility index (Phi) is 5.95. The summed E-state index contributed by atoms with van der Waals surface area (Å²) in [5, 5.41) is 2.52. The summed E-state index contributed by atoms with van der Waals surface area (Å²) in [6.07, 6.45) is -0.530. The molecule has 6 heteroatoms. The van der Waals surface area contributed by atoms with E-state index in [-0.39, 0.29) is 12.6 Å². The quantitative estimate of drug-likeness (QED) is 0.750. The van der Waals surface area contributed by atoms with Crippen LogP contribution >= 0.6 is 0 Å². The molecule has 0 radical (unpaired) electrons. The lowest BCUT2D eigenvalue weighted by molar-refractivity contribution is -0.126. The summed E-state index contributed by atoms with van der Waals surface area (Å²) in [4.78, 5) is 24.5. The standard InChI is InChI=1S/C11H22N2O4/c1-8(9(14)12-7-16-6)13(5)10(15)17-11(2,3)4/h8H,7H2,1-6H3,(H,12,14)/t8-/m1/s1. The predicted molar refractivity (Wildman–Crippen MR) is 63.5 cm³/mol. The third kappa shape index (κ3) is 6.11. The summed E-state index contributed by atoms with van der Waals surface area (Å²) in [7, 11) is 2.99. The lowest BCUT2D eigenvalue weighted by Crippen LogP contribution is -2.47. The van der Waals surface area contributed by atoms with Crippen molar-refractivity contribution in [3.63, 3.8) is 0 Å². The van der Waals surface area contributed by atoms with Gasteiger partial charge in [0, 0.05) is 14.2 Å². The van der Waals surface area contributed by atoms with E-state index in [1.165, 1.54) is 19.1 Å². The van der Waals surface area contributed by atoms with Crippen molar-refractivity contribution in [2.45, 2.75) is 39.3 Å². The maximum absolute atomic E-state index is 11.7. The van der Waals surface area contributed by atoms with E-state index in [2.05, 4.69) is 5.32 Å². The number of rotatable bonds is 4. The minimum absolute atomic E-state index is 0.116. The zero-order valence-corrected chi connectivity index (χ0v) is 11.4. The molecule has 0 aliphatic rings. The van der Waals surface area contributed by atoms with Crippen molar-refractivity contribution < 1.29 is 19.1 Å². The number of carbonyl (C=O) groups excluding carboxylic acids is 2. The van der Waals surface area contributed by atoms with E-state index in [4.69, 9.17) is 9.47 Å². The zero-order chi connectivity index (χ0) is 13.6. The smallest absolute Gasteiger partial charge is 0.410 e. The van der Waals surface area contributed by atoms with Crippen LogP contribution in [-0.4, -0.2) is 49.4 Å². The van der Waals surface area contributed by atoms with Gasteiger partial charge in [0.1, 0.15) is 18.4 Å². The van der Waals surface area contributed by atoms with E-state index in [1.807, 2.05) is 0 Å². The molecule has 2 amide bonds. The maximum Gasteiger partial charge on any atom is 0.410 e. The summed E-state index contributed by atoms with van der Waals surface area (Å²) in [6, 6.07) is -0.611. The van der Waals surface area contributed by atoms with Crippen molar-refractivity contribution >= 4 is 12.0 Å². The van der Waals surface area contributed by atoms with Crippen LogP contribution in [0.15, 0.2) is 0 Å². The molecule has 0 spiro atoms. The predicted octanol–water partition coefficient (Wildman–Crippen LogP) is 0.962. The highest BCUT2D eigenvalue weighted by Gasteiger charge is 2.26. The van der Waals surface area contributed by atoms with E-state index in [0.29, 0.717) is 0 Å². The van der Waals surface area contributed by atoms with Gasteiger partial charge in [0.05, 0.1) is 0 Å². The molecule has 100 valence electrons. The number of hydrogen-bond acceptors (Lipinski definition) is 4. The monoisotopic (exact) mass is 246 g/mol. The molecule has 6 nitrogen and oxygen atoms in total. The van der Waals surface area contributed by atoms with Crippen LogP contribution in [0, 0.1) is 0 Å². The highest BCUT2D eigenvalue weighted by atomic mass is 16.6. The molecule has 0 unspecified atom stereocenters. The minimum Gasteiger partial charge on any atom is -0.444 e. The molecule has 1 atom stereocenters. The molecule has 0 aliphatic carbocycles. The van der Waals surface area contributed by atoms with Crippen molar-refractivity contribution in [3.05, 3.63) is 0 Å². The number of amides is 2. The lowest BCUT2D eigenvalue weighted by atomic mass is 10.2. The molecule has 0 saturated carbocycles. The largest absolute Gasteiger partial charge is 0.444 e. The Hall–Kier alpha value is -1.30. The second-order valence-corrected chi connectivity index (χ2v) is 4.74. The van der Waals surface area contributed by atoms with Crippen molar-refractivity contribution in [1.29, 1.82) is 0 Å². The second-order valence-electron chi connectivity index (χ2n) is 4.74. The van der Waals surface area contributed by atoms with Gasteiger partial charge in [0.2, 0.25) is 5.91 Å². The van der Waals surface area contributed by atoms with E-state index >= 15 is 0 Å². The van der Waals surface area contributed by atoms with Crippen molar-refractivity contribution in [3.8, 4) is 0 Å². The third-order valence-electron chi connectivity index (χ3n) is 2.03. The first-order valence-electron chi connectivity index (χ1n) is 5.41. The van der Waals surface area contributed by atoms with Gasteiger partial charge in [-0.2, -0.15) is 0 Å². The summed E-state index contributed by atoms with van der Waals surface area (Å²) < 4.78 is 9.87. The van der Waals surface area contributed by atoms with Crippen LogP contribution in [0.5, 0.6) is 0 Å². The summed E-state index contributed by atoms with van der Waals surface area (Å²) >= 11 is 0. The Bertz CT molecular complexity index is 273. The Balaban J connectivity index is 4.33. The molecule has 0 aliphatic heterocycles. The molecule has 0 aromatic carbocycles. The number of methoxy groups -OCH3 is 1. The van der Waals surface area contributed by atoms with Crippen molar-refractivity contribution in [1.82, 2.24) is 10.2 Å². The van der Waals surface area contributed by atoms with E-state index in [0.717, 1.165) is 0 Å². The summed E-state index contributed by atoms with van der Waals surface area (Å²) in [5.41, 5.74) is -0.575. The first kappa shape index (κ1) is 15.7. The molecule has 1 N–H and O–H groups in total. The minimum atomic E-state index is -0.611. The molecule has 0 aromatic heterocycles. The number of likely N-dealkylation sites (N-methyl/N-ethyl adjacent to an activating group) is 1. The van der Waals surface area contributed by atoms with Crippen molar-refractivity contribution in [2.24, 2.45) is 0 Å². The van der Waals surface area contributed by atoms with Gasteiger partial charge in [-0.1, -0.05) is 0 Å². The third-order valence-corrected chi connectivity index (χ3v) is 2.03. The van der Waals surface area contributed by atoms with E-state index < -0.39 is 17.7 Å². The van der Waals surface area contributed by atoms with Crippen molar-refractivity contribution in [2.75, 3.05) is 20.9 Å². The Labute approximate surface area is 102 Å². The molecule has 0 aromatic rings. The molecule has 17 heavy (non-hydrogen) atoms. The molecular weight excluding hydrogens is 224 g/mol. The number of nitrogens with one attached hydrogen (secondary N) is 1. The fourth-order valence-corrected chi connectivity index (χ4v) is 0.959. The van der Waals surface area contributed by atoms with Gasteiger partial charge in [-0.25, -0.2) is 4.79 Å². The Morgan fingerprint density at radius 3 is 2.29 bits per heavy atom. The first-order chi connectivity index (χ1) is 7.69. The van der Waals surface area contributed by atoms with Crippen LogP contribution in [0.25, 0.3) is 0 Å². The summed E-state index contributed by atoms with van der Waals surface area (Å²) in [5.74, 6) is -0.291. The molecular formula is C11H22N2O4. The van der Waals surface area contributed by atoms with Gasteiger partial charge in [0.25, 0.3) is 0 Å². The van der Waals surface area contributed by atoms with Gasteiger partial charge < -0.3 is 14.8 Å². The number of nitrogens with zero attached hydrogens (tertiary/aromatic N) is 1. The van der Waals surface area contributed by atoms with Gasteiger partial charge in [-0.3, -0.25) is 9.69 Å². The van der Waals surface area contributed by atoms with Crippen LogP contribution in [0.3, 0.4) is 0 Å². The molecule has 0 rings (SSSR count). The van der Waals surface area contributed by atoms with Gasteiger partial charge >= 0.3 is 6.09 Å². The average molecular weight is 246 g/mol. The highest BCUT2D eigenvalue weighted by Crippen LogP contribution is 2.10. The fourth-order valence-electron chi connectivity index (χ4n) is 0.959. The topological polar surface area (TPSA) is 67.9 Å². The number of carbonyl (C=O) groups is 2. The van der Waals surface area contributed by atoms with Crippen LogP contribution in [-0.2, 0) is 14.3 Å². The first-order valence-corrected chi connectivity index (χ1v) is 5.41. The maximum atomic E-state index is 11.7. The van der Waals surface area contributed by atoms with Gasteiger partial charge in [0.15, 0.2) is 0 Å². The van der Waals surface area contributed by atoms with Gasteiger partial charge in [-0.15, -0.1) is 0 Å². The number of ether oxygens (including phenoxy) is 2. The van der Waals surface area contributed by atoms with E-state index in [1.54, 1.807) is 27.7 Å². The van der Waals surface area contributed by atoms with Gasteiger partial charge in [-0.05, 0) is 27.7 Å². The zero-order valence-electron chi connectivity index (χ0n) is 11.4. The Morgan fingerprint density at radius 2 is 1.88 bits per heavy atom. The summed E-state index contributed by atoms with van der Waals surface area (Å²) in [6.45, 7) is 7.05. The number of hydrogen-bond donors (Lipinski definition) is 1.